The van der Waals surface area contributed by atoms with E-state index in [1.165, 1.54) is 18.7 Å². The molecule has 1 atom stereocenters. The molecule has 4 heteroatoms. The average molecular weight is 317 g/mol. The molecule has 0 radical (unpaired) electrons. The highest BCUT2D eigenvalue weighted by atomic mass is 19.1. The minimum Gasteiger partial charge on any atom is -0.497 e. The van der Waals surface area contributed by atoms with Crippen molar-refractivity contribution in [2.24, 2.45) is 5.92 Å². The molecule has 3 nitrogen and oxygen atoms in total. The normalized spacial score (nSPS) is 12.3. The van der Waals surface area contributed by atoms with Crippen molar-refractivity contribution in [1.82, 2.24) is 5.32 Å². The third-order valence-electron chi connectivity index (χ3n) is 3.88. The molecular weight excluding hydrogens is 293 g/mol. The molecule has 2 aromatic rings. The molecule has 0 fully saturated rings. The number of benzene rings is 2. The van der Waals surface area contributed by atoms with Crippen molar-refractivity contribution >= 4 is 0 Å². The van der Waals surface area contributed by atoms with E-state index in [0.717, 1.165) is 11.3 Å². The van der Waals surface area contributed by atoms with E-state index >= 15 is 0 Å². The lowest BCUT2D eigenvalue weighted by Crippen LogP contribution is -2.25. The average Bonchev–Trinajstić information content (AvgIpc) is 2.55. The first kappa shape index (κ1) is 17.3. The third-order valence-corrected chi connectivity index (χ3v) is 3.88. The quantitative estimate of drug-likeness (QED) is 0.824. The van der Waals surface area contributed by atoms with Gasteiger partial charge in [-0.3, -0.25) is 0 Å². The lowest BCUT2D eigenvalue weighted by molar-refractivity contribution is 0.384. The Hall–Kier alpha value is -2.07. The molecule has 0 saturated heterocycles. The fourth-order valence-electron chi connectivity index (χ4n) is 2.60. The maximum atomic E-state index is 13.8. The van der Waals surface area contributed by atoms with Crippen molar-refractivity contribution in [2.45, 2.75) is 26.4 Å². The summed E-state index contributed by atoms with van der Waals surface area (Å²) < 4.78 is 23.9. The number of halogens is 1. The van der Waals surface area contributed by atoms with Crippen molar-refractivity contribution in [3.8, 4) is 11.5 Å². The predicted molar refractivity (Wildman–Crippen MR) is 90.4 cm³/mol. The molecule has 0 spiro atoms. The molecule has 0 heterocycles. The molecule has 2 aromatic carbocycles. The Bertz CT molecular complexity index is 626. The summed E-state index contributed by atoms with van der Waals surface area (Å²) in [5.41, 5.74) is 2.08. The molecule has 1 N–H and O–H groups in total. The SMILES string of the molecule is COc1ccc(C(NCc2ccc(OC)c(F)c2)C(C)C)cc1. The summed E-state index contributed by atoms with van der Waals surface area (Å²) in [6.07, 6.45) is 0. The number of hydrogen-bond donors (Lipinski definition) is 1. The van der Waals surface area contributed by atoms with Crippen LogP contribution in [-0.4, -0.2) is 14.2 Å². The Morgan fingerprint density at radius 3 is 2.22 bits per heavy atom. The fourth-order valence-corrected chi connectivity index (χ4v) is 2.60. The maximum absolute atomic E-state index is 13.8. The van der Waals surface area contributed by atoms with Crippen LogP contribution in [0.15, 0.2) is 42.5 Å². The Kier molecular flexibility index (Phi) is 5.99. The summed E-state index contributed by atoms with van der Waals surface area (Å²) in [5, 5.41) is 3.51. The van der Waals surface area contributed by atoms with Gasteiger partial charge >= 0.3 is 0 Å². The number of nitrogens with one attached hydrogen (secondary N) is 1. The van der Waals surface area contributed by atoms with Crippen LogP contribution in [0.3, 0.4) is 0 Å². The topological polar surface area (TPSA) is 30.5 Å². The van der Waals surface area contributed by atoms with E-state index in [0.29, 0.717) is 12.5 Å². The van der Waals surface area contributed by atoms with Gasteiger partial charge in [-0.05, 0) is 41.3 Å². The standard InChI is InChI=1S/C19H24FNO2/c1-13(2)19(15-6-8-16(22-3)9-7-15)21-12-14-5-10-18(23-4)17(20)11-14/h5-11,13,19,21H,12H2,1-4H3. The van der Waals surface area contributed by atoms with Crippen LogP contribution in [0.2, 0.25) is 0 Å². The van der Waals surface area contributed by atoms with Crippen LogP contribution in [0.25, 0.3) is 0 Å². The van der Waals surface area contributed by atoms with Crippen molar-refractivity contribution in [2.75, 3.05) is 14.2 Å². The summed E-state index contributed by atoms with van der Waals surface area (Å²) in [6.45, 7) is 4.92. The number of hydrogen-bond acceptors (Lipinski definition) is 3. The highest BCUT2D eigenvalue weighted by Crippen LogP contribution is 2.25. The lowest BCUT2D eigenvalue weighted by Gasteiger charge is -2.23. The van der Waals surface area contributed by atoms with Gasteiger partial charge in [0, 0.05) is 12.6 Å². The molecule has 1 unspecified atom stereocenters. The van der Waals surface area contributed by atoms with E-state index in [-0.39, 0.29) is 17.6 Å². The van der Waals surface area contributed by atoms with E-state index in [4.69, 9.17) is 9.47 Å². The van der Waals surface area contributed by atoms with Gasteiger partial charge in [0.2, 0.25) is 0 Å². The monoisotopic (exact) mass is 317 g/mol. The molecular formula is C19H24FNO2. The molecule has 0 bridgehead atoms. The van der Waals surface area contributed by atoms with Gasteiger partial charge in [0.15, 0.2) is 11.6 Å². The van der Waals surface area contributed by atoms with Crippen LogP contribution in [-0.2, 0) is 6.54 Å². The first-order valence-electron chi connectivity index (χ1n) is 7.75. The molecule has 2 rings (SSSR count). The van der Waals surface area contributed by atoms with Crippen molar-refractivity contribution in [3.05, 3.63) is 59.4 Å². The van der Waals surface area contributed by atoms with Crippen LogP contribution in [0.5, 0.6) is 11.5 Å². The van der Waals surface area contributed by atoms with Gasteiger partial charge in [0.1, 0.15) is 5.75 Å². The van der Waals surface area contributed by atoms with Gasteiger partial charge in [-0.1, -0.05) is 32.0 Å². The second-order valence-electron chi connectivity index (χ2n) is 5.84. The lowest BCUT2D eigenvalue weighted by atomic mass is 9.95. The van der Waals surface area contributed by atoms with Crippen LogP contribution in [0, 0.1) is 11.7 Å². The molecule has 0 amide bonds. The largest absolute Gasteiger partial charge is 0.497 e. The Morgan fingerprint density at radius 2 is 1.70 bits per heavy atom. The Balaban J connectivity index is 2.09. The molecule has 0 aliphatic rings. The van der Waals surface area contributed by atoms with Gasteiger partial charge in [-0.2, -0.15) is 0 Å². The molecule has 0 saturated carbocycles. The fraction of sp³-hybridized carbons (Fsp3) is 0.368. The van der Waals surface area contributed by atoms with Gasteiger partial charge in [-0.15, -0.1) is 0 Å². The van der Waals surface area contributed by atoms with Crippen LogP contribution < -0.4 is 14.8 Å². The van der Waals surface area contributed by atoms with Crippen molar-refractivity contribution < 1.29 is 13.9 Å². The Morgan fingerprint density at radius 1 is 1.00 bits per heavy atom. The summed E-state index contributed by atoms with van der Waals surface area (Å²) in [4.78, 5) is 0. The molecule has 0 aliphatic heterocycles. The van der Waals surface area contributed by atoms with Gasteiger partial charge in [0.05, 0.1) is 14.2 Å². The molecule has 0 aromatic heterocycles. The molecule has 23 heavy (non-hydrogen) atoms. The zero-order valence-electron chi connectivity index (χ0n) is 14.1. The van der Waals surface area contributed by atoms with E-state index in [2.05, 4.69) is 31.3 Å². The number of ether oxygens (including phenoxy) is 2. The number of rotatable bonds is 7. The summed E-state index contributed by atoms with van der Waals surface area (Å²) in [7, 11) is 3.13. The smallest absolute Gasteiger partial charge is 0.165 e. The molecule has 124 valence electrons. The minimum absolute atomic E-state index is 0.186. The molecule has 0 aliphatic carbocycles. The van der Waals surface area contributed by atoms with E-state index < -0.39 is 0 Å². The van der Waals surface area contributed by atoms with Crippen LogP contribution in [0.4, 0.5) is 4.39 Å². The second kappa shape index (κ2) is 7.97. The zero-order valence-corrected chi connectivity index (χ0v) is 14.1. The second-order valence-corrected chi connectivity index (χ2v) is 5.84. The summed E-state index contributed by atoms with van der Waals surface area (Å²) >= 11 is 0. The van der Waals surface area contributed by atoms with Crippen molar-refractivity contribution in [3.63, 3.8) is 0 Å². The van der Waals surface area contributed by atoms with E-state index in [1.807, 2.05) is 18.2 Å². The van der Waals surface area contributed by atoms with Gasteiger partial charge in [-0.25, -0.2) is 4.39 Å². The van der Waals surface area contributed by atoms with Crippen molar-refractivity contribution in [1.29, 1.82) is 0 Å². The van der Waals surface area contributed by atoms with Crippen LogP contribution >= 0.6 is 0 Å². The van der Waals surface area contributed by atoms with E-state index in [9.17, 15) is 4.39 Å². The van der Waals surface area contributed by atoms with Gasteiger partial charge < -0.3 is 14.8 Å². The highest BCUT2D eigenvalue weighted by Gasteiger charge is 2.15. The highest BCUT2D eigenvalue weighted by molar-refractivity contribution is 5.31. The summed E-state index contributed by atoms with van der Waals surface area (Å²) in [5.74, 6) is 1.18. The number of methoxy groups -OCH3 is 2. The predicted octanol–water partition coefficient (Wildman–Crippen LogP) is 4.33. The maximum Gasteiger partial charge on any atom is 0.165 e. The minimum atomic E-state index is -0.336. The third kappa shape index (κ3) is 4.45. The first-order chi connectivity index (χ1) is 11.0. The zero-order chi connectivity index (χ0) is 16.8. The van der Waals surface area contributed by atoms with E-state index in [1.54, 1.807) is 13.2 Å². The first-order valence-corrected chi connectivity index (χ1v) is 7.75. The summed E-state index contributed by atoms with van der Waals surface area (Å²) in [6, 6.07) is 13.3. The Labute approximate surface area is 137 Å². The van der Waals surface area contributed by atoms with Gasteiger partial charge in [0.25, 0.3) is 0 Å². The van der Waals surface area contributed by atoms with Crippen LogP contribution in [0.1, 0.15) is 31.0 Å².